The molecule has 0 aromatic rings. The van der Waals surface area contributed by atoms with E-state index in [0.717, 1.165) is 19.0 Å². The van der Waals surface area contributed by atoms with Gasteiger partial charge in [0, 0.05) is 19.6 Å². The number of halogens is 1. The summed E-state index contributed by atoms with van der Waals surface area (Å²) >= 11 is 3.47. The number of hydrogen-bond acceptors (Lipinski definition) is 2. The van der Waals surface area contributed by atoms with Crippen molar-refractivity contribution in [3.05, 3.63) is 0 Å². The lowest BCUT2D eigenvalue weighted by Gasteiger charge is -2.36. The van der Waals surface area contributed by atoms with Crippen LogP contribution in [-0.4, -0.2) is 52.8 Å². The normalized spacial score (nSPS) is 23.6. The van der Waals surface area contributed by atoms with E-state index in [2.05, 4.69) is 20.8 Å². The minimum Gasteiger partial charge on any atom is -0.341 e. The standard InChI is InChI=1S/C14H25BrN2O/c1-14(2,15)13(18)17-9-5-12(6-10-17)11-16-7-3-4-8-16/h12H,3-11H2,1-2H3. The smallest absolute Gasteiger partial charge is 0.238 e. The fourth-order valence-electron chi connectivity index (χ4n) is 3.02. The van der Waals surface area contributed by atoms with Gasteiger partial charge in [-0.1, -0.05) is 15.9 Å². The average molecular weight is 317 g/mol. The van der Waals surface area contributed by atoms with Gasteiger partial charge < -0.3 is 9.80 Å². The second kappa shape index (κ2) is 5.91. The fraction of sp³-hybridized carbons (Fsp3) is 0.929. The van der Waals surface area contributed by atoms with Crippen LogP contribution in [0.2, 0.25) is 0 Å². The summed E-state index contributed by atoms with van der Waals surface area (Å²) < 4.78 is -0.408. The molecule has 0 spiro atoms. The number of amides is 1. The number of rotatable bonds is 3. The van der Waals surface area contributed by atoms with Gasteiger partial charge in [0.15, 0.2) is 0 Å². The van der Waals surface area contributed by atoms with Crippen LogP contribution >= 0.6 is 15.9 Å². The summed E-state index contributed by atoms with van der Waals surface area (Å²) in [7, 11) is 0. The lowest BCUT2D eigenvalue weighted by atomic mass is 9.95. The van der Waals surface area contributed by atoms with E-state index in [1.807, 2.05) is 18.7 Å². The van der Waals surface area contributed by atoms with Crippen LogP contribution in [0.25, 0.3) is 0 Å². The van der Waals surface area contributed by atoms with Gasteiger partial charge in [-0.05, 0) is 58.5 Å². The number of likely N-dealkylation sites (tertiary alicyclic amines) is 2. The molecule has 18 heavy (non-hydrogen) atoms. The molecular formula is C14H25BrN2O. The van der Waals surface area contributed by atoms with E-state index in [9.17, 15) is 4.79 Å². The topological polar surface area (TPSA) is 23.6 Å². The van der Waals surface area contributed by atoms with Gasteiger partial charge in [-0.3, -0.25) is 4.79 Å². The molecule has 0 aromatic carbocycles. The van der Waals surface area contributed by atoms with Gasteiger partial charge in [0.2, 0.25) is 5.91 Å². The van der Waals surface area contributed by atoms with Gasteiger partial charge in [0.25, 0.3) is 0 Å². The molecule has 0 N–H and O–H groups in total. The lowest BCUT2D eigenvalue weighted by Crippen LogP contribution is -2.47. The highest BCUT2D eigenvalue weighted by atomic mass is 79.9. The maximum absolute atomic E-state index is 12.1. The van der Waals surface area contributed by atoms with E-state index in [0.29, 0.717) is 0 Å². The van der Waals surface area contributed by atoms with Crippen molar-refractivity contribution in [1.82, 2.24) is 9.80 Å². The van der Waals surface area contributed by atoms with E-state index in [4.69, 9.17) is 0 Å². The van der Waals surface area contributed by atoms with E-state index >= 15 is 0 Å². The van der Waals surface area contributed by atoms with Crippen LogP contribution in [-0.2, 0) is 4.79 Å². The molecular weight excluding hydrogens is 292 g/mol. The quantitative estimate of drug-likeness (QED) is 0.747. The first-order chi connectivity index (χ1) is 8.47. The first-order valence-electron chi connectivity index (χ1n) is 7.17. The highest BCUT2D eigenvalue weighted by Crippen LogP contribution is 2.25. The Balaban J connectivity index is 1.75. The van der Waals surface area contributed by atoms with Crippen LogP contribution in [0, 0.1) is 5.92 Å². The third kappa shape index (κ3) is 3.70. The van der Waals surface area contributed by atoms with Crippen LogP contribution < -0.4 is 0 Å². The molecule has 0 atom stereocenters. The van der Waals surface area contributed by atoms with Gasteiger partial charge >= 0.3 is 0 Å². The maximum Gasteiger partial charge on any atom is 0.238 e. The van der Waals surface area contributed by atoms with Gasteiger partial charge in [-0.2, -0.15) is 0 Å². The van der Waals surface area contributed by atoms with Crippen molar-refractivity contribution in [3.8, 4) is 0 Å². The predicted molar refractivity (Wildman–Crippen MR) is 78.0 cm³/mol. The summed E-state index contributed by atoms with van der Waals surface area (Å²) in [5.74, 6) is 1.03. The zero-order valence-corrected chi connectivity index (χ0v) is 13.2. The van der Waals surface area contributed by atoms with Crippen molar-refractivity contribution in [3.63, 3.8) is 0 Å². The number of hydrogen-bond donors (Lipinski definition) is 0. The van der Waals surface area contributed by atoms with Crippen molar-refractivity contribution in [1.29, 1.82) is 0 Å². The highest BCUT2D eigenvalue weighted by Gasteiger charge is 2.32. The molecule has 0 radical (unpaired) electrons. The van der Waals surface area contributed by atoms with Crippen molar-refractivity contribution in [2.45, 2.75) is 43.9 Å². The number of piperidine rings is 1. The molecule has 2 heterocycles. The average Bonchev–Trinajstić information content (AvgIpc) is 2.81. The SMILES string of the molecule is CC(C)(Br)C(=O)N1CCC(CN2CCCC2)CC1. The molecule has 104 valence electrons. The third-order valence-electron chi connectivity index (χ3n) is 4.13. The summed E-state index contributed by atoms with van der Waals surface area (Å²) in [4.78, 5) is 16.8. The minimum atomic E-state index is -0.408. The second-order valence-electron chi connectivity index (χ2n) is 6.22. The van der Waals surface area contributed by atoms with Crippen LogP contribution in [0.5, 0.6) is 0 Å². The summed E-state index contributed by atoms with van der Waals surface area (Å²) in [6.07, 6.45) is 5.08. The van der Waals surface area contributed by atoms with Gasteiger partial charge in [-0.15, -0.1) is 0 Å². The van der Waals surface area contributed by atoms with Crippen LogP contribution in [0.15, 0.2) is 0 Å². The van der Waals surface area contributed by atoms with Gasteiger partial charge in [0.05, 0.1) is 4.32 Å². The Labute approximate surface area is 119 Å². The third-order valence-corrected chi connectivity index (χ3v) is 4.46. The Hall–Kier alpha value is -0.0900. The largest absolute Gasteiger partial charge is 0.341 e. The number of carbonyl (C=O) groups is 1. The summed E-state index contributed by atoms with van der Waals surface area (Å²) in [6, 6.07) is 0. The van der Waals surface area contributed by atoms with Crippen molar-refractivity contribution in [2.75, 3.05) is 32.7 Å². The molecule has 2 fully saturated rings. The van der Waals surface area contributed by atoms with E-state index < -0.39 is 4.32 Å². The Morgan fingerprint density at radius 1 is 1.17 bits per heavy atom. The first-order valence-corrected chi connectivity index (χ1v) is 7.97. The van der Waals surface area contributed by atoms with Crippen molar-refractivity contribution >= 4 is 21.8 Å². The molecule has 0 unspecified atom stereocenters. The molecule has 3 nitrogen and oxygen atoms in total. The Bertz CT molecular complexity index is 287. The van der Waals surface area contributed by atoms with E-state index in [-0.39, 0.29) is 5.91 Å². The molecule has 2 aliphatic rings. The van der Waals surface area contributed by atoms with Crippen LogP contribution in [0.1, 0.15) is 39.5 Å². The monoisotopic (exact) mass is 316 g/mol. The van der Waals surface area contributed by atoms with Gasteiger partial charge in [-0.25, -0.2) is 0 Å². The summed E-state index contributed by atoms with van der Waals surface area (Å²) in [5.41, 5.74) is 0. The van der Waals surface area contributed by atoms with Gasteiger partial charge in [0.1, 0.15) is 0 Å². The van der Waals surface area contributed by atoms with Crippen LogP contribution in [0.4, 0.5) is 0 Å². The Morgan fingerprint density at radius 3 is 2.22 bits per heavy atom. The molecule has 1 amide bonds. The molecule has 0 bridgehead atoms. The lowest BCUT2D eigenvalue weighted by molar-refractivity contribution is -0.134. The predicted octanol–water partition coefficient (Wildman–Crippen LogP) is 2.49. The summed E-state index contributed by atoms with van der Waals surface area (Å²) in [6.45, 7) is 9.57. The summed E-state index contributed by atoms with van der Waals surface area (Å²) in [5, 5.41) is 0. The zero-order valence-electron chi connectivity index (χ0n) is 11.6. The zero-order chi connectivity index (χ0) is 13.2. The number of carbonyl (C=O) groups excluding carboxylic acids is 1. The van der Waals surface area contributed by atoms with E-state index in [1.165, 1.54) is 45.3 Å². The molecule has 0 aliphatic carbocycles. The molecule has 2 saturated heterocycles. The van der Waals surface area contributed by atoms with Crippen molar-refractivity contribution in [2.24, 2.45) is 5.92 Å². The van der Waals surface area contributed by atoms with E-state index in [1.54, 1.807) is 0 Å². The Morgan fingerprint density at radius 2 is 1.72 bits per heavy atom. The first kappa shape index (κ1) is 14.3. The highest BCUT2D eigenvalue weighted by molar-refractivity contribution is 9.10. The minimum absolute atomic E-state index is 0.238. The Kier molecular flexibility index (Phi) is 4.70. The fourth-order valence-corrected chi connectivity index (χ4v) is 3.28. The molecule has 2 aliphatic heterocycles. The molecule has 0 aromatic heterocycles. The molecule has 4 heteroatoms. The number of alkyl halides is 1. The molecule has 2 rings (SSSR count). The number of nitrogens with zero attached hydrogens (tertiary/aromatic N) is 2. The molecule has 0 saturated carbocycles. The second-order valence-corrected chi connectivity index (χ2v) is 8.20. The maximum atomic E-state index is 12.1. The van der Waals surface area contributed by atoms with Crippen molar-refractivity contribution < 1.29 is 4.79 Å². The van der Waals surface area contributed by atoms with Crippen LogP contribution in [0.3, 0.4) is 0 Å².